The number of hydrogen-bond donors (Lipinski definition) is 1. The number of benzene rings is 1. The quantitative estimate of drug-likeness (QED) is 0.444. The zero-order chi connectivity index (χ0) is 19.5. The van der Waals surface area contributed by atoms with Gasteiger partial charge in [0.25, 0.3) is 0 Å². The molecule has 0 amide bonds. The number of thiazole rings is 1. The van der Waals surface area contributed by atoms with Crippen LogP contribution < -0.4 is 10.5 Å². The van der Waals surface area contributed by atoms with E-state index < -0.39 is 0 Å². The Bertz CT molecular complexity index is 1090. The summed E-state index contributed by atoms with van der Waals surface area (Å²) in [6.45, 7) is 1.97. The van der Waals surface area contributed by atoms with Crippen molar-refractivity contribution < 1.29 is 4.74 Å². The highest BCUT2D eigenvalue weighted by atomic mass is 79.9. The van der Waals surface area contributed by atoms with Gasteiger partial charge in [0.15, 0.2) is 16.7 Å². The molecule has 0 radical (unpaired) electrons. The molecule has 3 heterocycles. The van der Waals surface area contributed by atoms with Gasteiger partial charge in [-0.05, 0) is 53.9 Å². The van der Waals surface area contributed by atoms with E-state index in [0.717, 1.165) is 40.1 Å². The largest absolute Gasteiger partial charge is 0.453 e. The third kappa shape index (κ3) is 4.23. The number of nitrogens with zero attached hydrogens (tertiary/aromatic N) is 4. The second kappa shape index (κ2) is 8.12. The number of halogens is 1. The van der Waals surface area contributed by atoms with Gasteiger partial charge in [0.05, 0.1) is 11.4 Å². The van der Waals surface area contributed by atoms with E-state index in [2.05, 4.69) is 37.1 Å². The fraction of sp³-hybridized carbons (Fsp3) is 0.150. The molecule has 0 spiro atoms. The molecule has 8 heteroatoms. The average Bonchev–Trinajstić information content (AvgIpc) is 3.26. The Kier molecular flexibility index (Phi) is 5.40. The van der Waals surface area contributed by atoms with Crippen LogP contribution in [-0.4, -0.2) is 19.7 Å². The van der Waals surface area contributed by atoms with E-state index in [0.29, 0.717) is 16.7 Å². The van der Waals surface area contributed by atoms with Gasteiger partial charge in [-0.25, -0.2) is 14.6 Å². The summed E-state index contributed by atoms with van der Waals surface area (Å²) < 4.78 is 8.78. The molecule has 0 aliphatic carbocycles. The van der Waals surface area contributed by atoms with Crippen molar-refractivity contribution in [1.29, 1.82) is 0 Å². The molecular weight excluding hydrogens is 438 g/mol. The number of rotatable bonds is 6. The van der Waals surface area contributed by atoms with Crippen molar-refractivity contribution in [2.75, 3.05) is 5.73 Å². The summed E-state index contributed by atoms with van der Waals surface area (Å²) in [4.78, 5) is 8.91. The van der Waals surface area contributed by atoms with Gasteiger partial charge < -0.3 is 10.5 Å². The lowest BCUT2D eigenvalue weighted by Crippen LogP contribution is -2.07. The number of aryl methyl sites for hydroxylation is 3. The molecule has 0 saturated carbocycles. The van der Waals surface area contributed by atoms with Gasteiger partial charge in [-0.1, -0.05) is 18.2 Å². The number of para-hydroxylation sites is 1. The van der Waals surface area contributed by atoms with Crippen molar-refractivity contribution in [2.45, 2.75) is 19.8 Å². The number of aromatic nitrogens is 4. The molecule has 0 fully saturated rings. The Morgan fingerprint density at radius 3 is 2.75 bits per heavy atom. The number of anilines is 1. The van der Waals surface area contributed by atoms with Crippen LogP contribution in [-0.2, 0) is 12.8 Å². The third-order valence-corrected chi connectivity index (χ3v) is 5.24. The molecule has 1 aromatic carbocycles. The van der Waals surface area contributed by atoms with Crippen molar-refractivity contribution in [3.05, 3.63) is 75.6 Å². The van der Waals surface area contributed by atoms with E-state index in [-0.39, 0.29) is 0 Å². The standard InChI is InChI=1S/C20H18BrN5OS/c1-13-9-16(8-7-15-12-28-20(22)24-15)26(25-13)19-18(10-14(21)11-23-19)27-17-5-3-2-4-6-17/h2-6,9-12H,7-8H2,1H3,(H2,22,24). The Morgan fingerprint density at radius 1 is 1.18 bits per heavy atom. The molecule has 3 aromatic heterocycles. The highest BCUT2D eigenvalue weighted by Crippen LogP contribution is 2.30. The number of ether oxygens (including phenoxy) is 1. The minimum atomic E-state index is 0.591. The zero-order valence-corrected chi connectivity index (χ0v) is 17.6. The van der Waals surface area contributed by atoms with E-state index >= 15 is 0 Å². The molecule has 4 aromatic rings. The second-order valence-corrected chi connectivity index (χ2v) is 8.06. The summed E-state index contributed by atoms with van der Waals surface area (Å²) in [6, 6.07) is 13.6. The smallest absolute Gasteiger partial charge is 0.197 e. The van der Waals surface area contributed by atoms with Crippen molar-refractivity contribution in [2.24, 2.45) is 0 Å². The Hall–Kier alpha value is -2.71. The van der Waals surface area contributed by atoms with Crippen LogP contribution in [0.2, 0.25) is 0 Å². The van der Waals surface area contributed by atoms with E-state index in [1.807, 2.05) is 53.4 Å². The first-order valence-corrected chi connectivity index (χ1v) is 10.4. The molecule has 4 rings (SSSR count). The first-order chi connectivity index (χ1) is 13.6. The summed E-state index contributed by atoms with van der Waals surface area (Å²) in [5.74, 6) is 2.02. The maximum atomic E-state index is 6.09. The maximum Gasteiger partial charge on any atom is 0.197 e. The lowest BCUT2D eigenvalue weighted by atomic mass is 10.2. The maximum absolute atomic E-state index is 6.09. The Labute approximate surface area is 175 Å². The van der Waals surface area contributed by atoms with Crippen LogP contribution in [0, 0.1) is 6.92 Å². The zero-order valence-electron chi connectivity index (χ0n) is 15.2. The molecule has 28 heavy (non-hydrogen) atoms. The van der Waals surface area contributed by atoms with E-state index in [4.69, 9.17) is 10.5 Å². The predicted octanol–water partition coefficient (Wildman–Crippen LogP) is 4.95. The highest BCUT2D eigenvalue weighted by molar-refractivity contribution is 9.10. The fourth-order valence-corrected chi connectivity index (χ4v) is 3.78. The van der Waals surface area contributed by atoms with Crippen LogP contribution in [0.1, 0.15) is 17.1 Å². The van der Waals surface area contributed by atoms with E-state index in [9.17, 15) is 0 Å². The molecule has 0 bridgehead atoms. The Morgan fingerprint density at radius 2 is 2.00 bits per heavy atom. The molecule has 142 valence electrons. The second-order valence-electron chi connectivity index (χ2n) is 6.26. The molecule has 0 atom stereocenters. The van der Waals surface area contributed by atoms with Crippen LogP contribution >= 0.6 is 27.3 Å². The van der Waals surface area contributed by atoms with Crippen molar-refractivity contribution in [1.82, 2.24) is 19.7 Å². The third-order valence-electron chi connectivity index (χ3n) is 4.08. The minimum absolute atomic E-state index is 0.591. The van der Waals surface area contributed by atoms with Crippen LogP contribution in [0.3, 0.4) is 0 Å². The lowest BCUT2D eigenvalue weighted by Gasteiger charge is -2.13. The molecule has 6 nitrogen and oxygen atoms in total. The van der Waals surface area contributed by atoms with Gasteiger partial charge in [0, 0.05) is 27.8 Å². The summed E-state index contributed by atoms with van der Waals surface area (Å²) in [5, 5.41) is 7.23. The Balaban J connectivity index is 1.67. The summed E-state index contributed by atoms with van der Waals surface area (Å²) in [6.07, 6.45) is 3.30. The number of nitrogen functional groups attached to an aromatic ring is 1. The van der Waals surface area contributed by atoms with Gasteiger partial charge in [-0.15, -0.1) is 11.3 Å². The minimum Gasteiger partial charge on any atom is -0.453 e. The molecule has 0 unspecified atom stereocenters. The van der Waals surface area contributed by atoms with Crippen LogP contribution in [0.25, 0.3) is 5.82 Å². The summed E-state index contributed by atoms with van der Waals surface area (Å²) in [5.41, 5.74) is 8.68. The first kappa shape index (κ1) is 18.6. The molecule has 0 saturated heterocycles. The van der Waals surface area contributed by atoms with Crippen LogP contribution in [0.4, 0.5) is 5.13 Å². The molecule has 0 aliphatic rings. The summed E-state index contributed by atoms with van der Waals surface area (Å²) in [7, 11) is 0. The van der Waals surface area contributed by atoms with Crippen molar-refractivity contribution in [3.8, 4) is 17.3 Å². The van der Waals surface area contributed by atoms with Crippen molar-refractivity contribution in [3.63, 3.8) is 0 Å². The van der Waals surface area contributed by atoms with Gasteiger partial charge in [0.1, 0.15) is 5.75 Å². The number of hydrogen-bond acceptors (Lipinski definition) is 6. The highest BCUT2D eigenvalue weighted by Gasteiger charge is 2.16. The van der Waals surface area contributed by atoms with Crippen LogP contribution in [0.5, 0.6) is 11.5 Å². The number of pyridine rings is 1. The monoisotopic (exact) mass is 455 g/mol. The molecular formula is C20H18BrN5OS. The van der Waals surface area contributed by atoms with Gasteiger partial charge in [-0.3, -0.25) is 0 Å². The molecule has 0 aliphatic heterocycles. The lowest BCUT2D eigenvalue weighted by molar-refractivity contribution is 0.473. The summed E-state index contributed by atoms with van der Waals surface area (Å²) >= 11 is 4.94. The van der Waals surface area contributed by atoms with Gasteiger partial charge in [0.2, 0.25) is 0 Å². The average molecular weight is 456 g/mol. The normalized spacial score (nSPS) is 10.9. The topological polar surface area (TPSA) is 78.8 Å². The number of nitrogens with two attached hydrogens (primary N) is 1. The van der Waals surface area contributed by atoms with E-state index in [1.54, 1.807) is 6.20 Å². The van der Waals surface area contributed by atoms with E-state index in [1.165, 1.54) is 11.3 Å². The first-order valence-electron chi connectivity index (χ1n) is 8.73. The SMILES string of the molecule is Cc1cc(CCc2csc(N)n2)n(-c2ncc(Br)cc2Oc2ccccc2)n1. The van der Waals surface area contributed by atoms with Gasteiger partial charge >= 0.3 is 0 Å². The van der Waals surface area contributed by atoms with Crippen molar-refractivity contribution >= 4 is 32.4 Å². The van der Waals surface area contributed by atoms with Gasteiger partial charge in [-0.2, -0.15) is 5.10 Å². The fourth-order valence-electron chi connectivity index (χ4n) is 2.87. The predicted molar refractivity (Wildman–Crippen MR) is 114 cm³/mol. The van der Waals surface area contributed by atoms with Crippen LogP contribution in [0.15, 0.2) is 58.5 Å². The molecule has 2 N–H and O–H groups in total.